The molecular weight excluding hydrogens is 316 g/mol. The summed E-state index contributed by atoms with van der Waals surface area (Å²) in [7, 11) is 1.48. The van der Waals surface area contributed by atoms with Gasteiger partial charge in [0.05, 0.1) is 25.2 Å². The maximum Gasteiger partial charge on any atom is 0.309 e. The summed E-state index contributed by atoms with van der Waals surface area (Å²) in [6.07, 6.45) is 7.93. The van der Waals surface area contributed by atoms with Crippen LogP contribution in [0.25, 0.3) is 0 Å². The highest BCUT2D eigenvalue weighted by Gasteiger charge is 2.62. The number of esters is 1. The van der Waals surface area contributed by atoms with Crippen LogP contribution in [0, 0.1) is 34.5 Å². The van der Waals surface area contributed by atoms with Crippen molar-refractivity contribution in [3.8, 4) is 0 Å². The minimum Gasteiger partial charge on any atom is -0.469 e. The van der Waals surface area contributed by atoms with Gasteiger partial charge in [0.2, 0.25) is 0 Å². The molecule has 140 valence electrons. The number of allylic oxidation sites excluding steroid dienone is 1. The van der Waals surface area contributed by atoms with Crippen LogP contribution in [0.3, 0.4) is 0 Å². The maximum atomic E-state index is 12.3. The Balaban J connectivity index is 1.69. The van der Waals surface area contributed by atoms with Gasteiger partial charge >= 0.3 is 5.97 Å². The second kappa shape index (κ2) is 5.82. The average Bonchev–Trinajstić information content (AvgIpc) is 2.91. The minimum atomic E-state index is -0.375. The zero-order chi connectivity index (χ0) is 18.0. The second-order valence-electron chi connectivity index (χ2n) is 9.51. The number of carbonyl (C=O) groups excluding carboxylic acids is 1. The molecule has 0 amide bonds. The lowest BCUT2D eigenvalue weighted by Crippen LogP contribution is -2.56. The van der Waals surface area contributed by atoms with Crippen molar-refractivity contribution in [2.75, 3.05) is 7.11 Å². The van der Waals surface area contributed by atoms with Gasteiger partial charge in [0, 0.05) is 0 Å². The van der Waals surface area contributed by atoms with Gasteiger partial charge in [0.15, 0.2) is 0 Å². The first-order valence-corrected chi connectivity index (χ1v) is 9.94. The van der Waals surface area contributed by atoms with Crippen LogP contribution in [0.15, 0.2) is 11.6 Å². The van der Waals surface area contributed by atoms with Crippen LogP contribution in [0.2, 0.25) is 0 Å². The van der Waals surface area contributed by atoms with E-state index >= 15 is 0 Å². The highest BCUT2D eigenvalue weighted by atomic mass is 16.5. The van der Waals surface area contributed by atoms with E-state index < -0.39 is 0 Å². The van der Waals surface area contributed by atoms with Gasteiger partial charge in [-0.3, -0.25) is 4.79 Å². The van der Waals surface area contributed by atoms with Crippen LogP contribution in [0.5, 0.6) is 0 Å². The van der Waals surface area contributed by atoms with Crippen molar-refractivity contribution in [1.82, 2.24) is 0 Å². The summed E-state index contributed by atoms with van der Waals surface area (Å²) < 4.78 is 5.08. The Hall–Kier alpha value is -0.870. The summed E-state index contributed by atoms with van der Waals surface area (Å²) >= 11 is 0. The second-order valence-corrected chi connectivity index (χ2v) is 9.51. The lowest BCUT2D eigenvalue weighted by atomic mass is 9.46. The highest BCUT2D eigenvalue weighted by Crippen LogP contribution is 2.66. The Bertz CT molecular complexity index is 599. The van der Waals surface area contributed by atoms with Crippen molar-refractivity contribution in [3.05, 3.63) is 11.6 Å². The van der Waals surface area contributed by atoms with Crippen LogP contribution in [0.1, 0.15) is 58.8 Å². The number of ether oxygens (including phenoxy) is 1. The van der Waals surface area contributed by atoms with Crippen LogP contribution < -0.4 is 0 Å². The van der Waals surface area contributed by atoms with E-state index in [1.54, 1.807) is 0 Å². The molecule has 0 aromatic rings. The van der Waals surface area contributed by atoms with Gasteiger partial charge < -0.3 is 14.9 Å². The van der Waals surface area contributed by atoms with E-state index in [1.165, 1.54) is 12.7 Å². The molecule has 0 aromatic carbocycles. The predicted octanol–water partition coefficient (Wildman–Crippen LogP) is 3.07. The molecule has 8 atom stereocenters. The summed E-state index contributed by atoms with van der Waals surface area (Å²) in [5.41, 5.74) is 1.22. The fourth-order valence-electron chi connectivity index (χ4n) is 7.30. The molecular formula is C21H32O4. The van der Waals surface area contributed by atoms with Gasteiger partial charge in [-0.15, -0.1) is 0 Å². The van der Waals surface area contributed by atoms with Gasteiger partial charge in [-0.25, -0.2) is 0 Å². The molecule has 4 nitrogen and oxygen atoms in total. The molecule has 0 radical (unpaired) electrons. The summed E-state index contributed by atoms with van der Waals surface area (Å²) in [5.74, 6) is 0.993. The Morgan fingerprint density at radius 3 is 2.72 bits per heavy atom. The zero-order valence-corrected chi connectivity index (χ0v) is 15.7. The molecule has 25 heavy (non-hydrogen) atoms. The average molecular weight is 348 g/mol. The molecule has 0 heterocycles. The number of methoxy groups -OCH3 is 1. The van der Waals surface area contributed by atoms with E-state index in [2.05, 4.69) is 19.9 Å². The Kier molecular flexibility index (Phi) is 4.08. The van der Waals surface area contributed by atoms with E-state index in [9.17, 15) is 15.0 Å². The Labute approximate surface area is 150 Å². The van der Waals surface area contributed by atoms with Gasteiger partial charge in [-0.1, -0.05) is 25.5 Å². The largest absolute Gasteiger partial charge is 0.469 e. The third-order valence-electron chi connectivity index (χ3n) is 8.49. The van der Waals surface area contributed by atoms with E-state index in [0.717, 1.165) is 38.5 Å². The fraction of sp³-hybridized carbons (Fsp3) is 0.857. The van der Waals surface area contributed by atoms with Crippen molar-refractivity contribution >= 4 is 5.97 Å². The normalized spacial score (nSPS) is 51.8. The van der Waals surface area contributed by atoms with Crippen LogP contribution in [-0.2, 0) is 9.53 Å². The first-order chi connectivity index (χ1) is 11.8. The topological polar surface area (TPSA) is 66.8 Å². The SMILES string of the molecule is COC(=O)[C@H]1CC[C@H]2[C@@H]3CC=C4C[C@@H](O)CC[C@]4(C)[C@H]3[C@@H](O)C[C@]12C. The smallest absolute Gasteiger partial charge is 0.309 e. The first kappa shape index (κ1) is 17.5. The number of rotatable bonds is 1. The Morgan fingerprint density at radius 1 is 1.24 bits per heavy atom. The minimum absolute atomic E-state index is 0.00620. The van der Waals surface area contributed by atoms with Gasteiger partial charge in [0.1, 0.15) is 0 Å². The highest BCUT2D eigenvalue weighted by molar-refractivity contribution is 5.74. The molecule has 0 saturated heterocycles. The van der Waals surface area contributed by atoms with Gasteiger partial charge in [0.25, 0.3) is 0 Å². The van der Waals surface area contributed by atoms with Crippen molar-refractivity contribution in [2.45, 2.75) is 71.0 Å². The number of fused-ring (bicyclic) bond motifs is 5. The predicted molar refractivity (Wildman–Crippen MR) is 94.6 cm³/mol. The molecule has 3 saturated carbocycles. The van der Waals surface area contributed by atoms with Crippen molar-refractivity contribution < 1.29 is 19.7 Å². The van der Waals surface area contributed by atoms with Crippen molar-refractivity contribution in [2.24, 2.45) is 34.5 Å². The van der Waals surface area contributed by atoms with E-state index in [-0.39, 0.29) is 40.8 Å². The summed E-state index contributed by atoms with van der Waals surface area (Å²) in [6.45, 7) is 4.51. The molecule has 0 bridgehead atoms. The molecule has 0 aromatic heterocycles. The van der Waals surface area contributed by atoms with Gasteiger partial charge in [-0.05, 0) is 73.5 Å². The van der Waals surface area contributed by atoms with E-state index in [4.69, 9.17) is 4.74 Å². The standard InChI is InChI=1S/C21H32O4/c1-20-9-8-13(22)10-12(20)4-5-14-15-6-7-16(19(24)25-3)21(15,2)11-17(23)18(14)20/h4,13-18,22-23H,5-11H2,1-3H3/t13-,14-,15-,16+,17-,18+,20-,21-/m0/s1. The third kappa shape index (κ3) is 2.36. The number of aliphatic hydroxyl groups is 2. The first-order valence-electron chi connectivity index (χ1n) is 9.94. The molecule has 2 N–H and O–H groups in total. The monoisotopic (exact) mass is 348 g/mol. The van der Waals surface area contributed by atoms with Gasteiger partial charge in [-0.2, -0.15) is 0 Å². The lowest BCUT2D eigenvalue weighted by molar-refractivity contribution is -0.159. The number of carbonyl (C=O) groups is 1. The molecule has 4 aliphatic rings. The molecule has 4 aliphatic carbocycles. The summed E-state index contributed by atoms with van der Waals surface area (Å²) in [4.78, 5) is 12.3. The summed E-state index contributed by atoms with van der Waals surface area (Å²) in [6, 6.07) is 0. The van der Waals surface area contributed by atoms with Crippen molar-refractivity contribution in [1.29, 1.82) is 0 Å². The number of aliphatic hydroxyl groups excluding tert-OH is 2. The van der Waals surface area contributed by atoms with E-state index in [1.807, 2.05) is 0 Å². The van der Waals surface area contributed by atoms with Crippen LogP contribution in [-0.4, -0.2) is 35.5 Å². The molecule has 4 rings (SSSR count). The molecule has 0 unspecified atom stereocenters. The summed E-state index contributed by atoms with van der Waals surface area (Å²) in [5, 5.41) is 21.3. The van der Waals surface area contributed by atoms with E-state index in [0.29, 0.717) is 18.3 Å². The molecule has 3 fully saturated rings. The number of hydrogen-bond donors (Lipinski definition) is 2. The molecule has 0 aliphatic heterocycles. The molecule has 4 heteroatoms. The maximum absolute atomic E-state index is 12.3. The third-order valence-corrected chi connectivity index (χ3v) is 8.49. The van der Waals surface area contributed by atoms with Crippen LogP contribution >= 0.6 is 0 Å². The number of hydrogen-bond acceptors (Lipinski definition) is 4. The molecule has 0 spiro atoms. The van der Waals surface area contributed by atoms with Crippen molar-refractivity contribution in [3.63, 3.8) is 0 Å². The zero-order valence-electron chi connectivity index (χ0n) is 15.7. The quantitative estimate of drug-likeness (QED) is 0.564. The fourth-order valence-corrected chi connectivity index (χ4v) is 7.30. The lowest BCUT2D eigenvalue weighted by Gasteiger charge is -2.59. The van der Waals surface area contributed by atoms with Crippen LogP contribution in [0.4, 0.5) is 0 Å². The Morgan fingerprint density at radius 2 is 2.00 bits per heavy atom.